The summed E-state index contributed by atoms with van der Waals surface area (Å²) in [6.07, 6.45) is 1.55. The van der Waals surface area contributed by atoms with Gasteiger partial charge in [0.2, 0.25) is 0 Å². The number of aromatic nitrogens is 1. The van der Waals surface area contributed by atoms with Crippen molar-refractivity contribution in [2.45, 2.75) is 25.7 Å². The SMILES string of the molecule is COc1ccc(N(CC(=O)N/N=C/c2cc(C)n(-c3ccc(C)cc3)c2C)S(=O)(=O)c2ccccc2)cc1Cl. The maximum atomic E-state index is 13.5. The van der Waals surface area contributed by atoms with Crippen molar-refractivity contribution >= 4 is 39.4 Å². The summed E-state index contributed by atoms with van der Waals surface area (Å²) in [6.45, 7) is 5.49. The van der Waals surface area contributed by atoms with Crippen molar-refractivity contribution in [3.8, 4) is 11.4 Å². The zero-order chi connectivity index (χ0) is 28.2. The topological polar surface area (TPSA) is 93.0 Å². The molecule has 0 atom stereocenters. The van der Waals surface area contributed by atoms with Gasteiger partial charge < -0.3 is 9.30 Å². The minimum absolute atomic E-state index is 0.0387. The highest BCUT2D eigenvalue weighted by molar-refractivity contribution is 7.92. The first-order valence-corrected chi connectivity index (χ1v) is 13.9. The van der Waals surface area contributed by atoms with Gasteiger partial charge in [-0.2, -0.15) is 5.10 Å². The van der Waals surface area contributed by atoms with Crippen LogP contribution in [0.15, 0.2) is 88.9 Å². The van der Waals surface area contributed by atoms with E-state index in [1.54, 1.807) is 30.5 Å². The van der Waals surface area contributed by atoms with Crippen molar-refractivity contribution in [2.24, 2.45) is 5.10 Å². The summed E-state index contributed by atoms with van der Waals surface area (Å²) < 4.78 is 35.3. The van der Waals surface area contributed by atoms with E-state index in [0.717, 1.165) is 26.9 Å². The first kappa shape index (κ1) is 27.9. The van der Waals surface area contributed by atoms with Crippen LogP contribution in [0.3, 0.4) is 0 Å². The second-order valence-electron chi connectivity index (χ2n) is 8.93. The minimum atomic E-state index is -4.09. The van der Waals surface area contributed by atoms with Crippen LogP contribution in [-0.2, 0) is 14.8 Å². The summed E-state index contributed by atoms with van der Waals surface area (Å²) in [7, 11) is -2.63. The Kier molecular flexibility index (Phi) is 8.42. The largest absolute Gasteiger partial charge is 0.495 e. The minimum Gasteiger partial charge on any atom is -0.495 e. The standard InChI is InChI=1S/C29H29ClN4O4S/c1-20-10-12-24(13-11-20)34-21(2)16-23(22(34)3)18-31-32-29(35)19-33(25-14-15-28(38-4)27(30)17-25)39(36,37)26-8-6-5-7-9-26/h5-18H,19H2,1-4H3,(H,32,35)/b31-18+. The highest BCUT2D eigenvalue weighted by atomic mass is 35.5. The average molecular weight is 565 g/mol. The van der Waals surface area contributed by atoms with Crippen LogP contribution in [-0.4, -0.2) is 38.8 Å². The van der Waals surface area contributed by atoms with Crippen molar-refractivity contribution in [3.63, 3.8) is 0 Å². The highest BCUT2D eigenvalue weighted by Crippen LogP contribution is 2.32. The van der Waals surface area contributed by atoms with Crippen LogP contribution in [0.1, 0.15) is 22.5 Å². The molecule has 4 aromatic rings. The number of nitrogens with one attached hydrogen (secondary N) is 1. The molecule has 1 N–H and O–H groups in total. The maximum Gasteiger partial charge on any atom is 0.264 e. The number of benzene rings is 3. The molecule has 0 fully saturated rings. The van der Waals surface area contributed by atoms with E-state index >= 15 is 0 Å². The number of sulfonamides is 1. The highest BCUT2D eigenvalue weighted by Gasteiger charge is 2.27. The van der Waals surface area contributed by atoms with E-state index in [0.29, 0.717) is 5.75 Å². The van der Waals surface area contributed by atoms with E-state index in [-0.39, 0.29) is 15.6 Å². The third-order valence-corrected chi connectivity index (χ3v) is 8.28. The molecule has 0 unspecified atom stereocenters. The van der Waals surface area contributed by atoms with E-state index in [2.05, 4.69) is 15.1 Å². The summed E-state index contributed by atoms with van der Waals surface area (Å²) >= 11 is 6.27. The molecule has 0 saturated carbocycles. The number of hydrazone groups is 1. The molecular weight excluding hydrogens is 536 g/mol. The number of amides is 1. The normalized spacial score (nSPS) is 11.5. The number of hydrogen-bond acceptors (Lipinski definition) is 5. The third-order valence-electron chi connectivity index (χ3n) is 6.20. The number of carbonyl (C=O) groups is 1. The Bertz CT molecular complexity index is 1620. The van der Waals surface area contributed by atoms with Crippen LogP contribution in [0.2, 0.25) is 5.02 Å². The predicted octanol–water partition coefficient (Wildman–Crippen LogP) is 5.41. The summed E-state index contributed by atoms with van der Waals surface area (Å²) in [5.74, 6) is -0.236. The molecular formula is C29H29ClN4O4S. The lowest BCUT2D eigenvalue weighted by molar-refractivity contribution is -0.119. The summed E-state index contributed by atoms with van der Waals surface area (Å²) in [5.41, 5.74) is 7.66. The molecule has 0 aliphatic carbocycles. The fraction of sp³-hybridized carbons (Fsp3) is 0.172. The number of halogens is 1. The Labute approximate surface area is 233 Å². The first-order chi connectivity index (χ1) is 18.6. The number of aryl methyl sites for hydroxylation is 2. The fourth-order valence-corrected chi connectivity index (χ4v) is 5.88. The molecule has 202 valence electrons. The summed E-state index contributed by atoms with van der Waals surface area (Å²) in [4.78, 5) is 13.0. The monoisotopic (exact) mass is 564 g/mol. The van der Waals surface area contributed by atoms with E-state index in [4.69, 9.17) is 16.3 Å². The molecule has 0 aliphatic heterocycles. The van der Waals surface area contributed by atoms with Gasteiger partial charge in [-0.1, -0.05) is 47.5 Å². The van der Waals surface area contributed by atoms with Crippen LogP contribution in [0.4, 0.5) is 5.69 Å². The molecule has 0 bridgehead atoms. The molecule has 3 aromatic carbocycles. The van der Waals surface area contributed by atoms with Gasteiger partial charge in [0, 0.05) is 22.6 Å². The number of hydrogen-bond donors (Lipinski definition) is 1. The molecule has 8 nitrogen and oxygen atoms in total. The Balaban J connectivity index is 1.56. The van der Waals surface area contributed by atoms with E-state index in [1.807, 2.05) is 51.1 Å². The number of anilines is 1. The van der Waals surface area contributed by atoms with E-state index in [9.17, 15) is 13.2 Å². The lowest BCUT2D eigenvalue weighted by Gasteiger charge is -2.24. The summed E-state index contributed by atoms with van der Waals surface area (Å²) in [6, 6.07) is 22.6. The van der Waals surface area contributed by atoms with Gasteiger partial charge in [-0.15, -0.1) is 0 Å². The maximum absolute atomic E-state index is 13.5. The Morgan fingerprint density at radius 2 is 1.72 bits per heavy atom. The van der Waals surface area contributed by atoms with Gasteiger partial charge in [-0.05, 0) is 69.3 Å². The number of rotatable bonds is 9. The molecule has 1 aromatic heterocycles. The van der Waals surface area contributed by atoms with Gasteiger partial charge in [0.15, 0.2) is 0 Å². The Morgan fingerprint density at radius 1 is 1.03 bits per heavy atom. The number of ether oxygens (including phenoxy) is 1. The van der Waals surface area contributed by atoms with Gasteiger partial charge in [0.05, 0.1) is 28.9 Å². The lowest BCUT2D eigenvalue weighted by Crippen LogP contribution is -2.39. The van der Waals surface area contributed by atoms with Gasteiger partial charge in [-0.3, -0.25) is 9.10 Å². The first-order valence-electron chi connectivity index (χ1n) is 12.1. The molecule has 39 heavy (non-hydrogen) atoms. The van der Waals surface area contributed by atoms with Crippen molar-refractivity contribution in [1.82, 2.24) is 9.99 Å². The molecule has 0 radical (unpaired) electrons. The Hall–Kier alpha value is -4.08. The van der Waals surface area contributed by atoms with Gasteiger partial charge in [0.1, 0.15) is 12.3 Å². The predicted molar refractivity (Wildman–Crippen MR) is 155 cm³/mol. The summed E-state index contributed by atoms with van der Waals surface area (Å²) in [5, 5.41) is 4.32. The lowest BCUT2D eigenvalue weighted by atomic mass is 10.2. The van der Waals surface area contributed by atoms with Crippen molar-refractivity contribution in [1.29, 1.82) is 0 Å². The third kappa shape index (κ3) is 6.16. The van der Waals surface area contributed by atoms with Crippen LogP contribution < -0.4 is 14.5 Å². The molecule has 0 spiro atoms. The smallest absolute Gasteiger partial charge is 0.264 e. The van der Waals surface area contributed by atoms with Crippen LogP contribution in [0.5, 0.6) is 5.75 Å². The zero-order valence-electron chi connectivity index (χ0n) is 22.1. The van der Waals surface area contributed by atoms with E-state index < -0.39 is 22.5 Å². The second kappa shape index (κ2) is 11.8. The van der Waals surface area contributed by atoms with E-state index in [1.165, 1.54) is 36.9 Å². The van der Waals surface area contributed by atoms with Gasteiger partial charge in [-0.25, -0.2) is 13.8 Å². The molecule has 10 heteroatoms. The quantitative estimate of drug-likeness (QED) is 0.217. The fourth-order valence-electron chi connectivity index (χ4n) is 4.19. The molecule has 1 heterocycles. The molecule has 0 saturated heterocycles. The van der Waals surface area contributed by atoms with Crippen molar-refractivity contribution in [2.75, 3.05) is 18.0 Å². The van der Waals surface area contributed by atoms with Crippen molar-refractivity contribution in [3.05, 3.63) is 106 Å². The van der Waals surface area contributed by atoms with Crippen molar-refractivity contribution < 1.29 is 17.9 Å². The number of methoxy groups -OCH3 is 1. The zero-order valence-corrected chi connectivity index (χ0v) is 23.6. The molecule has 0 aliphatic rings. The number of carbonyl (C=O) groups excluding carboxylic acids is 1. The van der Waals surface area contributed by atoms with Gasteiger partial charge in [0.25, 0.3) is 15.9 Å². The number of nitrogens with zero attached hydrogens (tertiary/aromatic N) is 3. The van der Waals surface area contributed by atoms with Crippen LogP contribution in [0.25, 0.3) is 5.69 Å². The van der Waals surface area contributed by atoms with Crippen LogP contribution in [0, 0.1) is 20.8 Å². The average Bonchev–Trinajstić information content (AvgIpc) is 3.20. The van der Waals surface area contributed by atoms with Crippen LogP contribution >= 0.6 is 11.6 Å². The van der Waals surface area contributed by atoms with Gasteiger partial charge >= 0.3 is 0 Å². The second-order valence-corrected chi connectivity index (χ2v) is 11.2. The molecule has 1 amide bonds. The Morgan fingerprint density at radius 3 is 2.36 bits per heavy atom. The molecule has 4 rings (SSSR count).